The van der Waals surface area contributed by atoms with Crippen molar-refractivity contribution in [3.8, 4) is 0 Å². The molecule has 2 atom stereocenters. The molecular formula is C11H17Br. The van der Waals surface area contributed by atoms with Gasteiger partial charge in [-0.1, -0.05) is 40.6 Å². The van der Waals surface area contributed by atoms with E-state index in [0.717, 1.165) is 11.8 Å². The van der Waals surface area contributed by atoms with Gasteiger partial charge in [0.1, 0.15) is 0 Å². The Morgan fingerprint density at radius 3 is 2.25 bits per heavy atom. The molecule has 1 aliphatic carbocycles. The van der Waals surface area contributed by atoms with Gasteiger partial charge >= 0.3 is 0 Å². The quantitative estimate of drug-likeness (QED) is 0.620. The van der Waals surface area contributed by atoms with Gasteiger partial charge in [0.25, 0.3) is 0 Å². The predicted octanol–water partition coefficient (Wildman–Crippen LogP) is 4.28. The van der Waals surface area contributed by atoms with E-state index in [1.807, 2.05) is 0 Å². The van der Waals surface area contributed by atoms with E-state index in [4.69, 9.17) is 0 Å². The first kappa shape index (κ1) is 10.0. The Morgan fingerprint density at radius 2 is 1.92 bits per heavy atom. The summed E-state index contributed by atoms with van der Waals surface area (Å²) in [4.78, 5) is 0. The molecule has 0 spiro atoms. The van der Waals surface area contributed by atoms with Crippen LogP contribution < -0.4 is 0 Å². The summed E-state index contributed by atoms with van der Waals surface area (Å²) in [6.07, 6.45) is 7.13. The summed E-state index contributed by atoms with van der Waals surface area (Å²) in [5.74, 6) is 1.67. The van der Waals surface area contributed by atoms with Crippen molar-refractivity contribution in [1.82, 2.24) is 0 Å². The van der Waals surface area contributed by atoms with E-state index in [9.17, 15) is 0 Å². The summed E-state index contributed by atoms with van der Waals surface area (Å²) < 4.78 is 1.38. The van der Waals surface area contributed by atoms with Gasteiger partial charge in [-0.3, -0.25) is 0 Å². The molecule has 0 aromatic carbocycles. The maximum Gasteiger partial charge on any atom is -0.00158 e. The zero-order chi connectivity index (χ0) is 9.14. The SMILES string of the molecule is CC(C)=C/C=C(/Br)C1CCC1C. The standard InChI is InChI=1S/C11H17Br/c1-8(2)4-7-11(12)10-6-5-9(10)3/h4,7,9-10H,5-6H2,1-3H3/b11-7+. The first-order valence-corrected chi connectivity index (χ1v) is 5.41. The minimum absolute atomic E-state index is 0.792. The largest absolute Gasteiger partial charge is 0.0764 e. The second-order valence-electron chi connectivity index (χ2n) is 3.96. The van der Waals surface area contributed by atoms with E-state index in [1.165, 1.54) is 22.9 Å². The van der Waals surface area contributed by atoms with Crippen LogP contribution in [0, 0.1) is 11.8 Å². The molecule has 2 unspecified atom stereocenters. The van der Waals surface area contributed by atoms with E-state index in [-0.39, 0.29) is 0 Å². The van der Waals surface area contributed by atoms with Gasteiger partial charge in [-0.15, -0.1) is 0 Å². The first-order valence-electron chi connectivity index (χ1n) is 4.62. The second kappa shape index (κ2) is 4.27. The Balaban J connectivity index is 2.52. The number of halogens is 1. The van der Waals surface area contributed by atoms with Crippen molar-refractivity contribution in [2.45, 2.75) is 33.6 Å². The molecule has 1 rings (SSSR count). The van der Waals surface area contributed by atoms with Gasteiger partial charge in [-0.2, -0.15) is 0 Å². The molecule has 0 radical (unpaired) electrons. The van der Waals surface area contributed by atoms with Gasteiger partial charge in [0.15, 0.2) is 0 Å². The molecular weight excluding hydrogens is 212 g/mol. The highest BCUT2D eigenvalue weighted by Gasteiger charge is 2.28. The Bertz CT molecular complexity index is 209. The smallest absolute Gasteiger partial charge is 0.00158 e. The highest BCUT2D eigenvalue weighted by molar-refractivity contribution is 9.11. The summed E-state index contributed by atoms with van der Waals surface area (Å²) in [5, 5.41) is 0. The summed E-state index contributed by atoms with van der Waals surface area (Å²) in [7, 11) is 0. The fraction of sp³-hybridized carbons (Fsp3) is 0.636. The number of hydrogen-bond donors (Lipinski definition) is 0. The molecule has 0 N–H and O–H groups in total. The maximum atomic E-state index is 3.64. The van der Waals surface area contributed by atoms with Crippen LogP contribution in [0.3, 0.4) is 0 Å². The molecule has 1 heteroatoms. The summed E-state index contributed by atoms with van der Waals surface area (Å²) >= 11 is 3.64. The van der Waals surface area contributed by atoms with Crippen LogP contribution >= 0.6 is 15.9 Å². The highest BCUT2D eigenvalue weighted by Crippen LogP contribution is 2.41. The zero-order valence-electron chi connectivity index (χ0n) is 8.10. The van der Waals surface area contributed by atoms with E-state index >= 15 is 0 Å². The van der Waals surface area contributed by atoms with Crippen molar-refractivity contribution < 1.29 is 0 Å². The van der Waals surface area contributed by atoms with Gasteiger partial charge in [0.2, 0.25) is 0 Å². The van der Waals surface area contributed by atoms with Gasteiger partial charge < -0.3 is 0 Å². The van der Waals surface area contributed by atoms with Crippen LogP contribution in [0.1, 0.15) is 33.6 Å². The second-order valence-corrected chi connectivity index (χ2v) is 4.87. The molecule has 1 saturated carbocycles. The van der Waals surface area contributed by atoms with Crippen molar-refractivity contribution in [2.24, 2.45) is 11.8 Å². The third kappa shape index (κ3) is 2.48. The first-order chi connectivity index (χ1) is 5.61. The lowest BCUT2D eigenvalue weighted by atomic mass is 9.75. The minimum atomic E-state index is 0.792. The summed E-state index contributed by atoms with van der Waals surface area (Å²) in [5.41, 5.74) is 1.36. The van der Waals surface area contributed by atoms with E-state index in [1.54, 1.807) is 0 Å². The van der Waals surface area contributed by atoms with E-state index in [0.29, 0.717) is 0 Å². The fourth-order valence-electron chi connectivity index (χ4n) is 1.45. The molecule has 0 aromatic rings. The van der Waals surface area contributed by atoms with Gasteiger partial charge in [-0.25, -0.2) is 0 Å². The molecule has 1 aliphatic rings. The molecule has 0 amide bonds. The van der Waals surface area contributed by atoms with Crippen LogP contribution in [0.4, 0.5) is 0 Å². The van der Waals surface area contributed by atoms with Gasteiger partial charge in [0, 0.05) is 0 Å². The molecule has 68 valence electrons. The lowest BCUT2D eigenvalue weighted by Gasteiger charge is -2.33. The molecule has 0 aliphatic heterocycles. The maximum absolute atomic E-state index is 3.64. The number of allylic oxidation sites excluding steroid dienone is 4. The average Bonchev–Trinajstić information content (AvgIpc) is 1.98. The fourth-order valence-corrected chi connectivity index (χ4v) is 2.26. The molecule has 0 nitrogen and oxygen atoms in total. The van der Waals surface area contributed by atoms with E-state index in [2.05, 4.69) is 48.9 Å². The predicted molar refractivity (Wildman–Crippen MR) is 58.3 cm³/mol. The van der Waals surface area contributed by atoms with Crippen molar-refractivity contribution in [3.63, 3.8) is 0 Å². The van der Waals surface area contributed by atoms with Crippen molar-refractivity contribution in [2.75, 3.05) is 0 Å². The molecule has 0 aromatic heterocycles. The monoisotopic (exact) mass is 228 g/mol. The van der Waals surface area contributed by atoms with Crippen LogP contribution in [-0.2, 0) is 0 Å². The van der Waals surface area contributed by atoms with Crippen LogP contribution in [0.15, 0.2) is 22.2 Å². The molecule has 1 fully saturated rings. The highest BCUT2D eigenvalue weighted by atomic mass is 79.9. The molecule has 12 heavy (non-hydrogen) atoms. The van der Waals surface area contributed by atoms with Crippen LogP contribution in [0.5, 0.6) is 0 Å². The Kier molecular flexibility index (Phi) is 3.57. The lowest BCUT2D eigenvalue weighted by Crippen LogP contribution is -2.22. The third-order valence-corrected chi connectivity index (χ3v) is 3.40. The van der Waals surface area contributed by atoms with Crippen LogP contribution in [0.2, 0.25) is 0 Å². The number of rotatable bonds is 2. The van der Waals surface area contributed by atoms with Crippen molar-refractivity contribution >= 4 is 15.9 Å². The van der Waals surface area contributed by atoms with Gasteiger partial charge in [-0.05, 0) is 43.0 Å². The zero-order valence-corrected chi connectivity index (χ0v) is 9.69. The van der Waals surface area contributed by atoms with Gasteiger partial charge in [0.05, 0.1) is 0 Å². The average molecular weight is 229 g/mol. The van der Waals surface area contributed by atoms with Crippen LogP contribution in [0.25, 0.3) is 0 Å². The minimum Gasteiger partial charge on any atom is -0.0764 e. The molecule has 0 bridgehead atoms. The summed E-state index contributed by atoms with van der Waals surface area (Å²) in [6.45, 7) is 6.58. The van der Waals surface area contributed by atoms with Crippen molar-refractivity contribution in [3.05, 3.63) is 22.2 Å². The lowest BCUT2D eigenvalue weighted by molar-refractivity contribution is 0.248. The Morgan fingerprint density at radius 1 is 1.25 bits per heavy atom. The Labute approximate surface area is 83.9 Å². The Hall–Kier alpha value is -0.0400. The molecule has 0 saturated heterocycles. The molecule has 0 heterocycles. The topological polar surface area (TPSA) is 0 Å². The van der Waals surface area contributed by atoms with E-state index < -0.39 is 0 Å². The van der Waals surface area contributed by atoms with Crippen molar-refractivity contribution in [1.29, 1.82) is 0 Å². The summed E-state index contributed by atoms with van der Waals surface area (Å²) in [6, 6.07) is 0. The number of hydrogen-bond acceptors (Lipinski definition) is 0. The third-order valence-electron chi connectivity index (χ3n) is 2.55. The van der Waals surface area contributed by atoms with Crippen LogP contribution in [-0.4, -0.2) is 0 Å². The normalized spacial score (nSPS) is 29.5.